The van der Waals surface area contributed by atoms with Gasteiger partial charge in [0.2, 0.25) is 0 Å². The molecule has 1 fully saturated rings. The molecule has 0 aliphatic carbocycles. The Morgan fingerprint density at radius 2 is 1.79 bits per heavy atom. The number of piperazine rings is 1. The summed E-state index contributed by atoms with van der Waals surface area (Å²) in [6, 6.07) is 0.723. The lowest BCUT2D eigenvalue weighted by Crippen LogP contribution is -2.51. The van der Waals surface area contributed by atoms with E-state index < -0.39 is 0 Å². The van der Waals surface area contributed by atoms with E-state index in [4.69, 9.17) is 0 Å². The van der Waals surface area contributed by atoms with E-state index in [-0.39, 0.29) is 0 Å². The molecule has 0 aromatic rings. The molecule has 114 valence electrons. The van der Waals surface area contributed by atoms with Crippen molar-refractivity contribution < 1.29 is 0 Å². The van der Waals surface area contributed by atoms with E-state index in [0.29, 0.717) is 0 Å². The van der Waals surface area contributed by atoms with Gasteiger partial charge in [-0.3, -0.25) is 9.80 Å². The predicted molar refractivity (Wildman–Crippen MR) is 83.8 cm³/mol. The monoisotopic (exact) mass is 270 g/mol. The highest BCUT2D eigenvalue weighted by molar-refractivity contribution is 4.77. The van der Waals surface area contributed by atoms with Crippen LogP contribution in [-0.2, 0) is 0 Å². The summed E-state index contributed by atoms with van der Waals surface area (Å²) in [7, 11) is 4.31. The number of rotatable bonds is 9. The van der Waals surface area contributed by atoms with Gasteiger partial charge in [-0.2, -0.15) is 0 Å². The summed E-state index contributed by atoms with van der Waals surface area (Å²) in [5.74, 6) is 0. The zero-order chi connectivity index (χ0) is 14.1. The van der Waals surface area contributed by atoms with E-state index in [9.17, 15) is 0 Å². The maximum absolute atomic E-state index is 3.50. The first-order valence-corrected chi connectivity index (χ1v) is 7.95. The Kier molecular flexibility index (Phi) is 8.62. The molecule has 1 unspecified atom stereocenters. The minimum absolute atomic E-state index is 0.723. The third-order valence-corrected chi connectivity index (χ3v) is 4.06. The molecule has 4 heteroatoms. The van der Waals surface area contributed by atoms with E-state index >= 15 is 0 Å². The summed E-state index contributed by atoms with van der Waals surface area (Å²) in [5, 5.41) is 3.50. The normalized spacial score (nSPS) is 20.1. The van der Waals surface area contributed by atoms with Gasteiger partial charge in [-0.05, 0) is 47.0 Å². The fourth-order valence-corrected chi connectivity index (χ4v) is 2.56. The molecule has 1 saturated heterocycles. The summed E-state index contributed by atoms with van der Waals surface area (Å²) in [4.78, 5) is 7.52. The maximum Gasteiger partial charge on any atom is 0.0113 e. The first-order chi connectivity index (χ1) is 9.13. The smallest absolute Gasteiger partial charge is 0.0113 e. The summed E-state index contributed by atoms with van der Waals surface area (Å²) >= 11 is 0. The molecule has 1 rings (SSSR count). The quantitative estimate of drug-likeness (QED) is 0.630. The Morgan fingerprint density at radius 3 is 2.37 bits per heavy atom. The third kappa shape index (κ3) is 7.25. The predicted octanol–water partition coefficient (Wildman–Crippen LogP) is 0.944. The van der Waals surface area contributed by atoms with Crippen molar-refractivity contribution in [1.29, 1.82) is 0 Å². The third-order valence-electron chi connectivity index (χ3n) is 4.06. The Balaban J connectivity index is 2.11. The van der Waals surface area contributed by atoms with E-state index in [0.717, 1.165) is 19.1 Å². The number of nitrogens with zero attached hydrogens (tertiary/aromatic N) is 3. The van der Waals surface area contributed by atoms with Crippen LogP contribution in [0.4, 0.5) is 0 Å². The van der Waals surface area contributed by atoms with Gasteiger partial charge in [-0.1, -0.05) is 6.92 Å². The molecule has 1 aliphatic rings. The number of likely N-dealkylation sites (N-methyl/N-ethyl adjacent to an activating group) is 1. The molecule has 0 amide bonds. The molecule has 1 aliphatic heterocycles. The lowest BCUT2D eigenvalue weighted by atomic mass is 10.1. The highest BCUT2D eigenvalue weighted by Crippen LogP contribution is 2.08. The van der Waals surface area contributed by atoms with Gasteiger partial charge in [0.1, 0.15) is 0 Å². The van der Waals surface area contributed by atoms with Crippen molar-refractivity contribution in [3.63, 3.8) is 0 Å². The second-order valence-electron chi connectivity index (χ2n) is 6.07. The summed E-state index contributed by atoms with van der Waals surface area (Å²) in [6.45, 7) is 14.3. The van der Waals surface area contributed by atoms with Gasteiger partial charge in [0.05, 0.1) is 0 Å². The molecule has 0 aromatic carbocycles. The van der Waals surface area contributed by atoms with Crippen LogP contribution in [0.5, 0.6) is 0 Å². The number of hydrogen-bond donors (Lipinski definition) is 1. The van der Waals surface area contributed by atoms with E-state index in [2.05, 4.69) is 48.0 Å². The van der Waals surface area contributed by atoms with Crippen LogP contribution in [0.3, 0.4) is 0 Å². The van der Waals surface area contributed by atoms with Gasteiger partial charge in [-0.15, -0.1) is 0 Å². The van der Waals surface area contributed by atoms with Crippen LogP contribution in [0.2, 0.25) is 0 Å². The number of hydrogen-bond acceptors (Lipinski definition) is 4. The molecule has 0 spiro atoms. The van der Waals surface area contributed by atoms with Crippen molar-refractivity contribution in [2.24, 2.45) is 0 Å². The fraction of sp³-hybridized carbons (Fsp3) is 1.00. The lowest BCUT2D eigenvalue weighted by molar-refractivity contribution is 0.0944. The zero-order valence-electron chi connectivity index (χ0n) is 13.5. The van der Waals surface area contributed by atoms with E-state index in [1.807, 2.05) is 0 Å². The standard InChI is InChI=1S/C15H34N4/c1-5-7-16-8-6-15(2)19-13-11-18(12-14-19)10-9-17(3)4/h15-16H,5-14H2,1-4H3. The molecule has 19 heavy (non-hydrogen) atoms. The summed E-state index contributed by atoms with van der Waals surface area (Å²) in [6.07, 6.45) is 2.51. The van der Waals surface area contributed by atoms with E-state index in [1.54, 1.807) is 0 Å². The van der Waals surface area contributed by atoms with Crippen LogP contribution in [0.25, 0.3) is 0 Å². The molecular formula is C15H34N4. The zero-order valence-corrected chi connectivity index (χ0v) is 13.5. The maximum atomic E-state index is 3.50. The molecule has 0 aromatic heterocycles. The van der Waals surface area contributed by atoms with Crippen LogP contribution in [0, 0.1) is 0 Å². The first-order valence-electron chi connectivity index (χ1n) is 7.95. The van der Waals surface area contributed by atoms with Gasteiger partial charge in [-0.25, -0.2) is 0 Å². The molecule has 0 radical (unpaired) electrons. The molecule has 0 saturated carbocycles. The first kappa shape index (κ1) is 16.9. The second kappa shape index (κ2) is 9.70. The molecule has 0 bridgehead atoms. The Bertz CT molecular complexity index is 212. The Morgan fingerprint density at radius 1 is 1.11 bits per heavy atom. The van der Waals surface area contributed by atoms with Crippen molar-refractivity contribution in [2.45, 2.75) is 32.7 Å². The number of nitrogens with one attached hydrogen (secondary N) is 1. The van der Waals surface area contributed by atoms with Crippen molar-refractivity contribution in [1.82, 2.24) is 20.0 Å². The highest BCUT2D eigenvalue weighted by Gasteiger charge is 2.20. The minimum atomic E-state index is 0.723. The molecule has 1 atom stereocenters. The summed E-state index contributed by atoms with van der Waals surface area (Å²) < 4.78 is 0. The van der Waals surface area contributed by atoms with Crippen LogP contribution in [0.15, 0.2) is 0 Å². The fourth-order valence-electron chi connectivity index (χ4n) is 2.56. The second-order valence-corrected chi connectivity index (χ2v) is 6.07. The topological polar surface area (TPSA) is 21.8 Å². The Hall–Kier alpha value is -0.160. The van der Waals surface area contributed by atoms with Crippen LogP contribution < -0.4 is 5.32 Å². The average Bonchev–Trinajstić information content (AvgIpc) is 2.41. The molecule has 4 nitrogen and oxygen atoms in total. The average molecular weight is 270 g/mol. The van der Waals surface area contributed by atoms with Crippen LogP contribution in [-0.4, -0.2) is 87.2 Å². The lowest BCUT2D eigenvalue weighted by Gasteiger charge is -2.38. The molecular weight excluding hydrogens is 236 g/mol. The van der Waals surface area contributed by atoms with Gasteiger partial charge in [0, 0.05) is 45.3 Å². The van der Waals surface area contributed by atoms with Gasteiger partial charge in [0.25, 0.3) is 0 Å². The van der Waals surface area contributed by atoms with Gasteiger partial charge < -0.3 is 10.2 Å². The molecule has 1 heterocycles. The Labute approximate surface area is 120 Å². The van der Waals surface area contributed by atoms with Crippen molar-refractivity contribution >= 4 is 0 Å². The summed E-state index contributed by atoms with van der Waals surface area (Å²) in [5.41, 5.74) is 0. The highest BCUT2D eigenvalue weighted by atomic mass is 15.3. The van der Waals surface area contributed by atoms with Crippen molar-refractivity contribution in [2.75, 3.05) is 66.5 Å². The molecule has 1 N–H and O–H groups in total. The van der Waals surface area contributed by atoms with Gasteiger partial charge >= 0.3 is 0 Å². The van der Waals surface area contributed by atoms with Crippen molar-refractivity contribution in [3.05, 3.63) is 0 Å². The van der Waals surface area contributed by atoms with Crippen LogP contribution in [0.1, 0.15) is 26.7 Å². The van der Waals surface area contributed by atoms with Gasteiger partial charge in [0.15, 0.2) is 0 Å². The SMILES string of the molecule is CCCNCCC(C)N1CCN(CCN(C)C)CC1. The van der Waals surface area contributed by atoms with Crippen LogP contribution >= 0.6 is 0 Å². The largest absolute Gasteiger partial charge is 0.317 e. The van der Waals surface area contributed by atoms with Crippen molar-refractivity contribution in [3.8, 4) is 0 Å². The van der Waals surface area contributed by atoms with E-state index in [1.165, 1.54) is 52.1 Å². The minimum Gasteiger partial charge on any atom is -0.317 e.